The first kappa shape index (κ1) is 15.2. The van der Waals surface area contributed by atoms with Gasteiger partial charge in [0.25, 0.3) is 7.60 Å². The molecular weight excluding hydrogens is 277 g/mol. The molecule has 0 bridgehead atoms. The molecule has 0 aromatic rings. The maximum Gasteiger partial charge on any atom is 0.295 e. The molecule has 0 aliphatic rings. The molecule has 0 saturated carbocycles. The molecule has 0 N–H and O–H groups in total. The van der Waals surface area contributed by atoms with E-state index in [0.717, 1.165) is 0 Å². The molecule has 3 nitrogen and oxygen atoms in total. The summed E-state index contributed by atoms with van der Waals surface area (Å²) in [5.41, 5.74) is 0. The van der Waals surface area contributed by atoms with Crippen LogP contribution in [0.5, 0.6) is 0 Å². The van der Waals surface area contributed by atoms with Crippen LogP contribution in [0.15, 0.2) is 0 Å². The van der Waals surface area contributed by atoms with Gasteiger partial charge in [-0.2, -0.15) is 0 Å². The second-order valence-corrected chi connectivity index (χ2v) is 23.7. The average molecular weight is 292 g/mol. The third-order valence-corrected chi connectivity index (χ3v) is 28.5. The molecule has 0 aromatic heterocycles. The van der Waals surface area contributed by atoms with E-state index >= 15 is 0 Å². The zero-order chi connectivity index (χ0) is 11.4. The maximum atomic E-state index is 5.93. The number of hydrogen-bond acceptors (Lipinski definition) is 3. The molecule has 0 fully saturated rings. The highest BCUT2D eigenvalue weighted by Gasteiger charge is 2.45. The van der Waals surface area contributed by atoms with Crippen LogP contribution in [0.2, 0.25) is 26.2 Å². The van der Waals surface area contributed by atoms with E-state index in [9.17, 15) is 0 Å². The monoisotopic (exact) mass is 291 g/mol. The summed E-state index contributed by atoms with van der Waals surface area (Å²) in [6.45, 7) is 8.67. The van der Waals surface area contributed by atoms with Gasteiger partial charge in [0.2, 0.25) is 18.6 Å². The lowest BCUT2D eigenvalue weighted by molar-refractivity contribution is 0.409. The first-order chi connectivity index (χ1) is 6.37. The van der Waals surface area contributed by atoms with Crippen LogP contribution >= 0.6 is 0 Å². The maximum absolute atomic E-state index is 5.93. The Bertz CT molecular complexity index is 168. The van der Waals surface area contributed by atoms with Crippen LogP contribution < -0.4 is 0 Å². The molecule has 0 aromatic carbocycles. The Balaban J connectivity index is 4.61. The molecule has 0 amide bonds. The molecule has 1 atom stereocenters. The second-order valence-electron chi connectivity index (χ2n) is 3.26. The molecule has 77 valence electrons. The number of hydrogen-bond donors (Lipinski definition) is 0. The third kappa shape index (κ3) is 4.36. The van der Waals surface area contributed by atoms with Crippen LogP contribution in [-0.4, -0.2) is 60.4 Å². The van der Waals surface area contributed by atoms with Crippen LogP contribution in [0, 0.1) is 0 Å². The summed E-state index contributed by atoms with van der Waals surface area (Å²) in [7, 11) is 3.99. The van der Waals surface area contributed by atoms with Gasteiger partial charge in [-0.3, -0.25) is 0 Å². The van der Waals surface area contributed by atoms with Crippen molar-refractivity contribution in [1.29, 1.82) is 0 Å². The minimum absolute atomic E-state index is 0.510. The molecular formula is C5H15O3Si6. The number of rotatable bonds is 6. The van der Waals surface area contributed by atoms with E-state index in [1.807, 2.05) is 0 Å². The lowest BCUT2D eigenvalue weighted by Crippen LogP contribution is -2.65. The Morgan fingerprint density at radius 1 is 1.14 bits per heavy atom. The van der Waals surface area contributed by atoms with Crippen molar-refractivity contribution in [3.05, 3.63) is 0 Å². The Labute approximate surface area is 99.2 Å². The van der Waals surface area contributed by atoms with E-state index in [1.54, 1.807) is 7.11 Å². The quantitative estimate of drug-likeness (QED) is 0.646. The normalized spacial score (nSPS) is 16.7. The molecule has 9 heteroatoms. The van der Waals surface area contributed by atoms with E-state index in [0.29, 0.717) is 0 Å². The van der Waals surface area contributed by atoms with Crippen LogP contribution in [0.1, 0.15) is 0 Å². The van der Waals surface area contributed by atoms with Gasteiger partial charge in [0.15, 0.2) is 9.04 Å². The molecule has 0 rings (SSSR count). The average Bonchev–Trinajstić information content (AvgIpc) is 2.03. The van der Waals surface area contributed by atoms with Crippen molar-refractivity contribution in [2.24, 2.45) is 0 Å². The summed E-state index contributed by atoms with van der Waals surface area (Å²) < 4.78 is 16.9. The van der Waals surface area contributed by atoms with Crippen molar-refractivity contribution < 1.29 is 12.7 Å². The Kier molecular flexibility index (Phi) is 7.26. The summed E-state index contributed by atoms with van der Waals surface area (Å²) in [6.07, 6.45) is 0. The van der Waals surface area contributed by atoms with Crippen molar-refractivity contribution in [3.63, 3.8) is 0 Å². The van der Waals surface area contributed by atoms with Gasteiger partial charge in [-0.1, -0.05) is 13.1 Å². The van der Waals surface area contributed by atoms with Gasteiger partial charge in [-0.05, 0) is 13.1 Å². The van der Waals surface area contributed by atoms with Crippen LogP contribution in [-0.2, 0) is 12.7 Å². The van der Waals surface area contributed by atoms with E-state index in [2.05, 4.69) is 46.4 Å². The molecule has 0 spiro atoms. The SMILES string of the molecule is CO[Si]([Si](C)C)[Si]([Si])(O[Si])O[Si](C)C. The fourth-order valence-electron chi connectivity index (χ4n) is 1.07. The predicted molar refractivity (Wildman–Crippen MR) is 67.2 cm³/mol. The van der Waals surface area contributed by atoms with Crippen molar-refractivity contribution in [2.75, 3.05) is 7.11 Å². The van der Waals surface area contributed by atoms with E-state index in [1.165, 1.54) is 0 Å². The van der Waals surface area contributed by atoms with Crippen molar-refractivity contribution in [2.45, 2.75) is 26.2 Å². The molecule has 0 heterocycles. The highest BCUT2D eigenvalue weighted by molar-refractivity contribution is 7.62. The standard InChI is InChI=1S/C5H15O3Si6/c1-6-13(12(4)5)14(10,7-9)8-11(2)3/h1-5H3. The van der Waals surface area contributed by atoms with Gasteiger partial charge in [0.05, 0.1) is 18.1 Å². The third-order valence-electron chi connectivity index (χ3n) is 1.45. The van der Waals surface area contributed by atoms with Gasteiger partial charge >= 0.3 is 0 Å². The van der Waals surface area contributed by atoms with Gasteiger partial charge < -0.3 is 12.7 Å². The largest absolute Gasteiger partial charge is 0.441 e. The minimum Gasteiger partial charge on any atom is -0.441 e. The second kappa shape index (κ2) is 6.70. The van der Waals surface area contributed by atoms with Gasteiger partial charge in [-0.15, -0.1) is 0 Å². The lowest BCUT2D eigenvalue weighted by atomic mass is 11.8. The van der Waals surface area contributed by atoms with E-state index < -0.39 is 33.0 Å². The first-order valence-corrected chi connectivity index (χ1v) is 16.2. The fraction of sp³-hybridized carbons (Fsp3) is 1.00. The Morgan fingerprint density at radius 2 is 1.64 bits per heavy atom. The van der Waals surface area contributed by atoms with Crippen molar-refractivity contribution >= 4 is 53.3 Å². The van der Waals surface area contributed by atoms with E-state index in [-0.39, 0.29) is 0 Å². The molecule has 1 unspecified atom stereocenters. The smallest absolute Gasteiger partial charge is 0.295 e. The Morgan fingerprint density at radius 3 is 1.86 bits per heavy atom. The summed E-state index contributed by atoms with van der Waals surface area (Å²) in [4.78, 5) is 0. The van der Waals surface area contributed by atoms with Crippen molar-refractivity contribution in [1.82, 2.24) is 0 Å². The lowest BCUT2D eigenvalue weighted by Gasteiger charge is -2.34. The van der Waals surface area contributed by atoms with Gasteiger partial charge in [-0.25, -0.2) is 0 Å². The summed E-state index contributed by atoms with van der Waals surface area (Å²) >= 11 is 0. The summed E-state index contributed by atoms with van der Waals surface area (Å²) in [5, 5.41) is 0. The highest BCUT2D eigenvalue weighted by atomic mass is 29.8. The minimum atomic E-state index is -2.29. The first-order valence-electron chi connectivity index (χ1n) is 4.18. The molecule has 0 saturated heterocycles. The van der Waals surface area contributed by atoms with Gasteiger partial charge in [0, 0.05) is 7.11 Å². The van der Waals surface area contributed by atoms with Crippen LogP contribution in [0.3, 0.4) is 0 Å². The summed E-state index contributed by atoms with van der Waals surface area (Å²) in [5.74, 6) is 0. The summed E-state index contributed by atoms with van der Waals surface area (Å²) in [6, 6.07) is 0. The van der Waals surface area contributed by atoms with Crippen LogP contribution in [0.4, 0.5) is 0 Å². The zero-order valence-electron chi connectivity index (χ0n) is 9.22. The molecule has 0 aliphatic carbocycles. The predicted octanol–water partition coefficient (Wildman–Crippen LogP) is 0.0107. The van der Waals surface area contributed by atoms with E-state index in [4.69, 9.17) is 12.7 Å². The Hall–Kier alpha value is 1.18. The van der Waals surface area contributed by atoms with Crippen LogP contribution in [0.25, 0.3) is 0 Å². The topological polar surface area (TPSA) is 27.7 Å². The molecule has 9 radical (unpaired) electrons. The van der Waals surface area contributed by atoms with Gasteiger partial charge in [0.1, 0.15) is 0 Å². The fourth-order valence-corrected chi connectivity index (χ4v) is 31.7. The molecule has 0 aliphatic heterocycles. The molecule has 14 heavy (non-hydrogen) atoms. The zero-order valence-corrected chi connectivity index (χ0v) is 15.2. The highest BCUT2D eigenvalue weighted by Crippen LogP contribution is 2.11. The van der Waals surface area contributed by atoms with Crippen molar-refractivity contribution in [3.8, 4) is 0 Å².